The highest BCUT2D eigenvalue weighted by molar-refractivity contribution is 8.01. The Hall–Kier alpha value is -2.46. The lowest BCUT2D eigenvalue weighted by Crippen LogP contribution is -2.83. The fraction of sp³-hybridized carbons (Fsp3) is 0.471. The average Bonchev–Trinajstić information content (AvgIpc) is 2.90. The third kappa shape index (κ3) is 2.71. The van der Waals surface area contributed by atoms with E-state index in [1.807, 2.05) is 0 Å². The van der Waals surface area contributed by atoms with Crippen molar-refractivity contribution in [1.29, 1.82) is 0 Å². The number of hydrogen-bond acceptors (Lipinski definition) is 7. The van der Waals surface area contributed by atoms with Crippen molar-refractivity contribution in [2.75, 3.05) is 14.2 Å². The van der Waals surface area contributed by atoms with E-state index in [4.69, 9.17) is 15.2 Å². The Morgan fingerprint density at radius 1 is 1.26 bits per heavy atom. The van der Waals surface area contributed by atoms with Crippen molar-refractivity contribution in [2.45, 2.75) is 35.7 Å². The van der Waals surface area contributed by atoms with Gasteiger partial charge in [-0.15, -0.1) is 11.8 Å². The van der Waals surface area contributed by atoms with E-state index in [9.17, 15) is 19.5 Å². The van der Waals surface area contributed by atoms with Crippen molar-refractivity contribution in [3.8, 4) is 11.5 Å². The summed E-state index contributed by atoms with van der Waals surface area (Å²) in [6.07, 6.45) is 0. The second-order valence-corrected chi connectivity index (χ2v) is 8.62. The molecule has 0 aromatic heterocycles. The van der Waals surface area contributed by atoms with E-state index in [1.54, 1.807) is 32.0 Å². The van der Waals surface area contributed by atoms with Crippen molar-refractivity contribution >= 4 is 29.5 Å². The molecule has 1 aromatic rings. The van der Waals surface area contributed by atoms with E-state index in [-0.39, 0.29) is 17.1 Å². The molecule has 2 aliphatic rings. The molecule has 0 radical (unpaired) electrons. The lowest BCUT2D eigenvalue weighted by molar-refractivity contribution is -0.166. The Morgan fingerprint density at radius 2 is 1.81 bits per heavy atom. The molecule has 2 saturated heterocycles. The number of carbonyl (C=O) groups is 3. The fourth-order valence-electron chi connectivity index (χ4n) is 3.53. The van der Waals surface area contributed by atoms with Gasteiger partial charge < -0.3 is 24.8 Å². The number of rotatable bonds is 5. The van der Waals surface area contributed by atoms with Crippen LogP contribution < -0.4 is 20.5 Å². The molecule has 0 bridgehead atoms. The number of fused-ring (bicyclic) bond motifs is 1. The van der Waals surface area contributed by atoms with Crippen molar-refractivity contribution in [2.24, 2.45) is 5.73 Å². The third-order valence-corrected chi connectivity index (χ3v) is 6.44. The number of ether oxygens (including phenoxy) is 2. The minimum absolute atomic E-state index is 0.107. The number of amides is 2. The van der Waals surface area contributed by atoms with Crippen LogP contribution in [0.15, 0.2) is 18.2 Å². The Balaban J connectivity index is 1.91. The first-order valence-electron chi connectivity index (χ1n) is 8.14. The Kier molecular flexibility index (Phi) is 4.51. The third-order valence-electron chi connectivity index (χ3n) is 4.79. The van der Waals surface area contributed by atoms with Crippen LogP contribution in [0.3, 0.4) is 0 Å². The average molecular weight is 395 g/mol. The first-order chi connectivity index (χ1) is 12.6. The molecule has 1 aromatic carbocycles. The molecule has 0 saturated carbocycles. The number of thioether (sulfide) groups is 1. The highest BCUT2D eigenvalue weighted by atomic mass is 32.2. The van der Waals surface area contributed by atoms with Crippen LogP contribution in [0.2, 0.25) is 0 Å². The number of hydrogen-bond donors (Lipinski definition) is 3. The van der Waals surface area contributed by atoms with E-state index in [2.05, 4.69) is 5.32 Å². The molecule has 27 heavy (non-hydrogen) atoms. The minimum Gasteiger partial charge on any atom is -0.496 e. The van der Waals surface area contributed by atoms with E-state index in [0.29, 0.717) is 0 Å². The topological polar surface area (TPSA) is 131 Å². The van der Waals surface area contributed by atoms with E-state index in [1.165, 1.54) is 30.9 Å². The molecule has 3 atom stereocenters. The zero-order chi connectivity index (χ0) is 20.1. The molecule has 10 heteroatoms. The molecule has 2 heterocycles. The van der Waals surface area contributed by atoms with E-state index >= 15 is 0 Å². The van der Waals surface area contributed by atoms with Crippen LogP contribution in [0.4, 0.5) is 0 Å². The van der Waals surface area contributed by atoms with Gasteiger partial charge in [-0.2, -0.15) is 0 Å². The fourth-order valence-corrected chi connectivity index (χ4v) is 5.12. The number of aliphatic carboxylic acids is 1. The number of nitrogens with zero attached hydrogens (tertiary/aromatic N) is 1. The Morgan fingerprint density at radius 3 is 2.30 bits per heavy atom. The summed E-state index contributed by atoms with van der Waals surface area (Å²) in [6, 6.07) is 3.82. The predicted octanol–water partition coefficient (Wildman–Crippen LogP) is 0.236. The summed E-state index contributed by atoms with van der Waals surface area (Å²) in [4.78, 5) is 38.4. The lowest BCUT2D eigenvalue weighted by atomic mass is 9.92. The quantitative estimate of drug-likeness (QED) is 0.477. The molecule has 3 rings (SSSR count). The summed E-state index contributed by atoms with van der Waals surface area (Å²) in [5.74, 6) is -1.86. The monoisotopic (exact) mass is 395 g/mol. The molecule has 2 aliphatic heterocycles. The zero-order valence-corrected chi connectivity index (χ0v) is 16.1. The van der Waals surface area contributed by atoms with Crippen LogP contribution in [0.1, 0.15) is 24.2 Å². The van der Waals surface area contributed by atoms with Crippen LogP contribution in [0, 0.1) is 0 Å². The summed E-state index contributed by atoms with van der Waals surface area (Å²) in [5.41, 5.74) is 4.61. The maximum atomic E-state index is 12.9. The highest BCUT2D eigenvalue weighted by Crippen LogP contribution is 2.53. The van der Waals surface area contributed by atoms with Crippen LogP contribution in [-0.2, 0) is 9.59 Å². The molecule has 146 valence electrons. The van der Waals surface area contributed by atoms with Gasteiger partial charge in [0.15, 0.2) is 5.66 Å². The molecule has 0 spiro atoms. The van der Waals surface area contributed by atoms with Gasteiger partial charge in [-0.1, -0.05) is 6.07 Å². The molecule has 4 N–H and O–H groups in total. The van der Waals surface area contributed by atoms with Crippen molar-refractivity contribution in [1.82, 2.24) is 10.2 Å². The van der Waals surface area contributed by atoms with Crippen LogP contribution in [0.25, 0.3) is 0 Å². The van der Waals surface area contributed by atoms with Gasteiger partial charge in [0.25, 0.3) is 11.8 Å². The number of benzene rings is 1. The van der Waals surface area contributed by atoms with Gasteiger partial charge in [0.1, 0.15) is 28.5 Å². The summed E-state index contributed by atoms with van der Waals surface area (Å²) < 4.78 is 9.67. The van der Waals surface area contributed by atoms with Gasteiger partial charge in [0.05, 0.1) is 14.2 Å². The van der Waals surface area contributed by atoms with Gasteiger partial charge in [-0.3, -0.25) is 15.3 Å². The number of carboxylic acids is 1. The summed E-state index contributed by atoms with van der Waals surface area (Å²) in [6.45, 7) is 3.46. The predicted molar refractivity (Wildman–Crippen MR) is 97.7 cm³/mol. The number of nitrogens with two attached hydrogens (primary N) is 1. The van der Waals surface area contributed by atoms with Crippen LogP contribution >= 0.6 is 11.8 Å². The van der Waals surface area contributed by atoms with Crippen LogP contribution in [0.5, 0.6) is 11.5 Å². The standard InChI is InChI=1S/C17H21N3O6S/c1-16(2)11(13(22)23)20-14(24)17(18,15(20)27-16)19-12(21)10-8(25-3)6-5-7-9(10)26-4/h5-7,11,15H,18H2,1-4H3,(H,19,21)(H,22,23)/t11-,15+,17-/m0/s1. The van der Waals surface area contributed by atoms with Crippen molar-refractivity contribution in [3.05, 3.63) is 23.8 Å². The smallest absolute Gasteiger partial charge is 0.327 e. The van der Waals surface area contributed by atoms with Gasteiger partial charge in [-0.05, 0) is 26.0 Å². The molecule has 2 fully saturated rings. The Bertz CT molecular complexity index is 807. The van der Waals surface area contributed by atoms with Crippen molar-refractivity contribution < 1.29 is 29.0 Å². The summed E-state index contributed by atoms with van der Waals surface area (Å²) in [5, 5.41) is 11.3. The molecular weight excluding hydrogens is 374 g/mol. The maximum Gasteiger partial charge on any atom is 0.327 e. The molecule has 9 nitrogen and oxygen atoms in total. The maximum absolute atomic E-state index is 12.9. The SMILES string of the molecule is COc1cccc(OC)c1C(=O)N[C@@]1(N)C(=O)N2[C@@H](C(=O)O)C(C)(C)S[C@@H]21. The minimum atomic E-state index is -1.71. The molecule has 0 unspecified atom stereocenters. The highest BCUT2D eigenvalue weighted by Gasteiger charge is 2.71. The van der Waals surface area contributed by atoms with Gasteiger partial charge in [0.2, 0.25) is 0 Å². The first kappa shape index (κ1) is 19.3. The molecular formula is C17H21N3O6S. The van der Waals surface area contributed by atoms with Gasteiger partial charge in [0, 0.05) is 4.75 Å². The van der Waals surface area contributed by atoms with Gasteiger partial charge in [-0.25, -0.2) is 4.79 Å². The van der Waals surface area contributed by atoms with E-state index < -0.39 is 39.6 Å². The number of β-lactam (4-membered cyclic amide) rings is 1. The molecule has 0 aliphatic carbocycles. The number of carbonyl (C=O) groups excluding carboxylic acids is 2. The zero-order valence-electron chi connectivity index (χ0n) is 15.3. The van der Waals surface area contributed by atoms with Crippen molar-refractivity contribution in [3.63, 3.8) is 0 Å². The normalized spacial score (nSPS) is 28.2. The van der Waals surface area contributed by atoms with E-state index in [0.717, 1.165) is 0 Å². The summed E-state index contributed by atoms with van der Waals surface area (Å²) in [7, 11) is 2.82. The first-order valence-corrected chi connectivity index (χ1v) is 9.02. The lowest BCUT2D eigenvalue weighted by Gasteiger charge is -2.50. The second-order valence-electron chi connectivity index (χ2n) is 6.89. The number of nitrogens with one attached hydrogen (secondary N) is 1. The number of carboxylic acid groups (broad SMARTS) is 1. The second kappa shape index (κ2) is 6.31. The molecule has 2 amide bonds. The number of methoxy groups -OCH3 is 2. The van der Waals surface area contributed by atoms with Gasteiger partial charge >= 0.3 is 5.97 Å². The largest absolute Gasteiger partial charge is 0.496 e. The Labute approximate surface area is 160 Å². The summed E-state index contributed by atoms with van der Waals surface area (Å²) >= 11 is 1.24. The van der Waals surface area contributed by atoms with Crippen LogP contribution in [-0.4, -0.2) is 63.8 Å².